The maximum Gasteiger partial charge on any atom is 0.145 e. The molecule has 0 spiro atoms. The lowest BCUT2D eigenvalue weighted by Crippen LogP contribution is -2.06. The summed E-state index contributed by atoms with van der Waals surface area (Å²) in [6.07, 6.45) is 1.64. The minimum absolute atomic E-state index is 0.0889. The SMILES string of the molecule is CC(N)c1ccc(Oc2ccc(C#N)cc2)cn1. The van der Waals surface area contributed by atoms with Crippen LogP contribution >= 0.6 is 0 Å². The molecular formula is C14H13N3O. The fourth-order valence-electron chi connectivity index (χ4n) is 1.46. The molecule has 90 valence electrons. The van der Waals surface area contributed by atoms with E-state index in [0.717, 1.165) is 5.69 Å². The second kappa shape index (κ2) is 5.30. The second-order valence-corrected chi connectivity index (χ2v) is 3.95. The number of hydrogen-bond acceptors (Lipinski definition) is 4. The van der Waals surface area contributed by atoms with Crippen molar-refractivity contribution in [2.24, 2.45) is 5.73 Å². The molecule has 2 aromatic rings. The highest BCUT2D eigenvalue weighted by Crippen LogP contribution is 2.21. The van der Waals surface area contributed by atoms with E-state index in [1.807, 2.05) is 19.1 Å². The van der Waals surface area contributed by atoms with E-state index in [1.165, 1.54) is 0 Å². The van der Waals surface area contributed by atoms with Crippen molar-refractivity contribution in [3.8, 4) is 17.6 Å². The quantitative estimate of drug-likeness (QED) is 0.893. The summed E-state index contributed by atoms with van der Waals surface area (Å²) in [5.74, 6) is 1.31. The molecule has 1 atom stereocenters. The molecule has 1 aromatic heterocycles. The van der Waals surface area contributed by atoms with E-state index in [4.69, 9.17) is 15.7 Å². The van der Waals surface area contributed by atoms with Crippen molar-refractivity contribution in [1.29, 1.82) is 5.26 Å². The molecule has 0 fully saturated rings. The van der Waals surface area contributed by atoms with Gasteiger partial charge in [-0.2, -0.15) is 5.26 Å². The fraction of sp³-hybridized carbons (Fsp3) is 0.143. The molecule has 0 bridgehead atoms. The predicted molar refractivity (Wildman–Crippen MR) is 68.1 cm³/mol. The Morgan fingerprint density at radius 1 is 1.17 bits per heavy atom. The van der Waals surface area contributed by atoms with Crippen molar-refractivity contribution in [2.45, 2.75) is 13.0 Å². The smallest absolute Gasteiger partial charge is 0.145 e. The molecule has 2 rings (SSSR count). The van der Waals surface area contributed by atoms with Gasteiger partial charge in [0.15, 0.2) is 0 Å². The summed E-state index contributed by atoms with van der Waals surface area (Å²) in [4.78, 5) is 4.21. The largest absolute Gasteiger partial charge is 0.456 e. The van der Waals surface area contributed by atoms with Crippen molar-refractivity contribution in [2.75, 3.05) is 0 Å². The third-order valence-corrected chi connectivity index (χ3v) is 2.44. The zero-order chi connectivity index (χ0) is 13.0. The lowest BCUT2D eigenvalue weighted by atomic mass is 10.2. The summed E-state index contributed by atoms with van der Waals surface area (Å²) in [6, 6.07) is 12.5. The van der Waals surface area contributed by atoms with Crippen LogP contribution in [0.4, 0.5) is 0 Å². The maximum atomic E-state index is 8.69. The van der Waals surface area contributed by atoms with Crippen LogP contribution in [0.1, 0.15) is 24.2 Å². The Hall–Kier alpha value is -2.38. The summed E-state index contributed by atoms with van der Waals surface area (Å²) in [5.41, 5.74) is 7.14. The monoisotopic (exact) mass is 239 g/mol. The number of nitriles is 1. The van der Waals surface area contributed by atoms with E-state index < -0.39 is 0 Å². The Bertz CT molecular complexity index is 553. The second-order valence-electron chi connectivity index (χ2n) is 3.95. The van der Waals surface area contributed by atoms with Crippen molar-refractivity contribution in [3.63, 3.8) is 0 Å². The van der Waals surface area contributed by atoms with Crippen LogP contribution in [-0.2, 0) is 0 Å². The molecule has 0 saturated heterocycles. The molecular weight excluding hydrogens is 226 g/mol. The summed E-state index contributed by atoms with van der Waals surface area (Å²) in [5, 5.41) is 8.69. The van der Waals surface area contributed by atoms with Crippen LogP contribution in [-0.4, -0.2) is 4.98 Å². The van der Waals surface area contributed by atoms with Crippen molar-refractivity contribution >= 4 is 0 Å². The van der Waals surface area contributed by atoms with E-state index in [2.05, 4.69) is 11.1 Å². The van der Waals surface area contributed by atoms with Gasteiger partial charge in [-0.1, -0.05) is 0 Å². The minimum Gasteiger partial charge on any atom is -0.456 e. The van der Waals surface area contributed by atoms with Gasteiger partial charge in [0.25, 0.3) is 0 Å². The third-order valence-electron chi connectivity index (χ3n) is 2.44. The first-order valence-corrected chi connectivity index (χ1v) is 5.58. The summed E-state index contributed by atoms with van der Waals surface area (Å²) < 4.78 is 5.60. The Morgan fingerprint density at radius 2 is 1.83 bits per heavy atom. The topological polar surface area (TPSA) is 71.9 Å². The lowest BCUT2D eigenvalue weighted by Gasteiger charge is -2.07. The number of aromatic nitrogens is 1. The predicted octanol–water partition coefficient (Wildman–Crippen LogP) is 2.77. The average molecular weight is 239 g/mol. The van der Waals surface area contributed by atoms with Crippen LogP contribution in [0.5, 0.6) is 11.5 Å². The number of hydrogen-bond donors (Lipinski definition) is 1. The van der Waals surface area contributed by atoms with Gasteiger partial charge in [-0.3, -0.25) is 4.98 Å². The highest BCUT2D eigenvalue weighted by molar-refractivity contribution is 5.37. The molecule has 1 aromatic carbocycles. The average Bonchev–Trinajstić information content (AvgIpc) is 2.40. The molecule has 0 aliphatic heterocycles. The molecule has 1 heterocycles. The zero-order valence-corrected chi connectivity index (χ0v) is 10.00. The van der Waals surface area contributed by atoms with Crippen LogP contribution in [0, 0.1) is 11.3 Å². The van der Waals surface area contributed by atoms with Crippen LogP contribution in [0.25, 0.3) is 0 Å². The number of rotatable bonds is 3. The van der Waals surface area contributed by atoms with Crippen molar-refractivity contribution in [1.82, 2.24) is 4.98 Å². The highest BCUT2D eigenvalue weighted by Gasteiger charge is 2.02. The maximum absolute atomic E-state index is 8.69. The fourth-order valence-corrected chi connectivity index (χ4v) is 1.46. The van der Waals surface area contributed by atoms with Gasteiger partial charge in [0.1, 0.15) is 11.5 Å². The van der Waals surface area contributed by atoms with Gasteiger partial charge in [0.05, 0.1) is 23.5 Å². The number of ether oxygens (including phenoxy) is 1. The van der Waals surface area contributed by atoms with Crippen LogP contribution < -0.4 is 10.5 Å². The van der Waals surface area contributed by atoms with Gasteiger partial charge >= 0.3 is 0 Å². The van der Waals surface area contributed by atoms with E-state index in [9.17, 15) is 0 Å². The molecule has 18 heavy (non-hydrogen) atoms. The van der Waals surface area contributed by atoms with Crippen LogP contribution in [0.15, 0.2) is 42.6 Å². The normalized spacial score (nSPS) is 11.6. The molecule has 4 nitrogen and oxygen atoms in total. The third kappa shape index (κ3) is 2.84. The molecule has 2 N–H and O–H groups in total. The molecule has 4 heteroatoms. The number of nitrogens with zero attached hydrogens (tertiary/aromatic N) is 2. The Kier molecular flexibility index (Phi) is 3.56. The molecule has 1 unspecified atom stereocenters. The van der Waals surface area contributed by atoms with E-state index in [1.54, 1.807) is 30.5 Å². The Morgan fingerprint density at radius 3 is 2.33 bits per heavy atom. The molecule has 0 radical (unpaired) electrons. The van der Waals surface area contributed by atoms with Gasteiger partial charge in [0, 0.05) is 6.04 Å². The number of pyridine rings is 1. The van der Waals surface area contributed by atoms with Crippen LogP contribution in [0.3, 0.4) is 0 Å². The zero-order valence-electron chi connectivity index (χ0n) is 10.00. The highest BCUT2D eigenvalue weighted by atomic mass is 16.5. The number of benzene rings is 1. The first-order chi connectivity index (χ1) is 8.69. The first-order valence-electron chi connectivity index (χ1n) is 5.58. The lowest BCUT2D eigenvalue weighted by molar-refractivity contribution is 0.479. The number of nitrogens with two attached hydrogens (primary N) is 1. The van der Waals surface area contributed by atoms with Gasteiger partial charge in [-0.05, 0) is 43.3 Å². The van der Waals surface area contributed by atoms with Gasteiger partial charge in [-0.15, -0.1) is 0 Å². The Labute approximate surface area is 106 Å². The molecule has 0 aliphatic carbocycles. The van der Waals surface area contributed by atoms with E-state index in [0.29, 0.717) is 17.1 Å². The summed E-state index contributed by atoms with van der Waals surface area (Å²) in [7, 11) is 0. The van der Waals surface area contributed by atoms with Crippen molar-refractivity contribution < 1.29 is 4.74 Å². The Balaban J connectivity index is 2.11. The van der Waals surface area contributed by atoms with Crippen LogP contribution in [0.2, 0.25) is 0 Å². The minimum atomic E-state index is -0.0889. The van der Waals surface area contributed by atoms with Crippen molar-refractivity contribution in [3.05, 3.63) is 53.9 Å². The molecule has 0 saturated carbocycles. The van der Waals surface area contributed by atoms with Gasteiger partial charge in [0.2, 0.25) is 0 Å². The summed E-state index contributed by atoms with van der Waals surface area (Å²) in [6.45, 7) is 1.88. The standard InChI is InChI=1S/C14H13N3O/c1-10(16)14-7-6-13(9-17-14)18-12-4-2-11(8-15)3-5-12/h2-7,9-10H,16H2,1H3. The summed E-state index contributed by atoms with van der Waals surface area (Å²) >= 11 is 0. The molecule has 0 aliphatic rings. The van der Waals surface area contributed by atoms with E-state index >= 15 is 0 Å². The van der Waals surface area contributed by atoms with Gasteiger partial charge < -0.3 is 10.5 Å². The van der Waals surface area contributed by atoms with E-state index in [-0.39, 0.29) is 6.04 Å². The van der Waals surface area contributed by atoms with Gasteiger partial charge in [-0.25, -0.2) is 0 Å². The molecule has 0 amide bonds. The first kappa shape index (κ1) is 12.1.